The molecule has 2 aromatic heterocycles. The summed E-state index contributed by atoms with van der Waals surface area (Å²) in [7, 11) is 1.57. The van der Waals surface area contributed by atoms with Crippen molar-refractivity contribution in [2.75, 3.05) is 25.6 Å². The molecule has 0 radical (unpaired) electrons. The van der Waals surface area contributed by atoms with E-state index in [0.717, 1.165) is 11.3 Å². The number of fused-ring (bicyclic) bond motifs is 1. The molecule has 4 rings (SSSR count). The number of benzene rings is 1. The lowest BCUT2D eigenvalue weighted by atomic mass is 9.92. The summed E-state index contributed by atoms with van der Waals surface area (Å²) >= 11 is 0. The van der Waals surface area contributed by atoms with Crippen molar-refractivity contribution in [1.82, 2.24) is 14.8 Å². The van der Waals surface area contributed by atoms with Gasteiger partial charge in [0.25, 0.3) is 0 Å². The molecule has 0 saturated carbocycles. The quantitative estimate of drug-likeness (QED) is 0.611. The van der Waals surface area contributed by atoms with Crippen LogP contribution in [0.15, 0.2) is 48.7 Å². The number of anilines is 1. The van der Waals surface area contributed by atoms with Crippen LogP contribution in [0.2, 0.25) is 0 Å². The number of ether oxygens (including phenoxy) is 3. The predicted molar refractivity (Wildman–Crippen MR) is 122 cm³/mol. The van der Waals surface area contributed by atoms with E-state index in [0.29, 0.717) is 42.1 Å². The molecular weight excluding hydrogens is 408 g/mol. The van der Waals surface area contributed by atoms with Crippen molar-refractivity contribution in [3.63, 3.8) is 0 Å². The molecule has 1 aliphatic rings. The second-order valence-corrected chi connectivity index (χ2v) is 8.33. The molecule has 0 atom stereocenters. The first-order valence-corrected chi connectivity index (χ1v) is 10.3. The Kier molecular flexibility index (Phi) is 5.85. The summed E-state index contributed by atoms with van der Waals surface area (Å²) < 4.78 is 18.3. The number of hydrogen-bond acceptors (Lipinski definition) is 6. The fourth-order valence-corrected chi connectivity index (χ4v) is 3.22. The van der Waals surface area contributed by atoms with E-state index in [1.807, 2.05) is 30.3 Å². The van der Waals surface area contributed by atoms with Gasteiger partial charge in [0, 0.05) is 23.8 Å². The molecule has 1 aromatic carbocycles. The Morgan fingerprint density at radius 1 is 1.19 bits per heavy atom. The summed E-state index contributed by atoms with van der Waals surface area (Å²) in [5.74, 6) is 2.61. The monoisotopic (exact) mass is 434 g/mol. The van der Waals surface area contributed by atoms with Crippen LogP contribution in [0.1, 0.15) is 32.0 Å². The number of aromatic nitrogens is 3. The van der Waals surface area contributed by atoms with Crippen LogP contribution in [-0.4, -0.2) is 41.0 Å². The van der Waals surface area contributed by atoms with Crippen LogP contribution in [0.5, 0.6) is 17.2 Å². The Morgan fingerprint density at radius 2 is 2.00 bits per heavy atom. The third-order valence-corrected chi connectivity index (χ3v) is 4.87. The highest BCUT2D eigenvalue weighted by atomic mass is 16.6. The molecule has 8 heteroatoms. The van der Waals surface area contributed by atoms with Crippen LogP contribution in [-0.2, 0) is 10.2 Å². The van der Waals surface area contributed by atoms with Crippen molar-refractivity contribution >= 4 is 17.8 Å². The van der Waals surface area contributed by atoms with Gasteiger partial charge in [-0.05, 0) is 35.9 Å². The number of nitrogens with zero attached hydrogens (tertiary/aromatic N) is 3. The van der Waals surface area contributed by atoms with Gasteiger partial charge in [0.05, 0.1) is 12.8 Å². The number of pyridine rings is 1. The maximum Gasteiger partial charge on any atom is 0.249 e. The van der Waals surface area contributed by atoms with E-state index < -0.39 is 0 Å². The maximum atomic E-state index is 12.7. The molecule has 8 nitrogen and oxygen atoms in total. The van der Waals surface area contributed by atoms with Gasteiger partial charge in [0.1, 0.15) is 19.0 Å². The zero-order valence-corrected chi connectivity index (χ0v) is 18.6. The van der Waals surface area contributed by atoms with Gasteiger partial charge in [-0.25, -0.2) is 4.98 Å². The van der Waals surface area contributed by atoms with Gasteiger partial charge in [-0.1, -0.05) is 26.8 Å². The van der Waals surface area contributed by atoms with Gasteiger partial charge in [-0.3, -0.25) is 4.79 Å². The lowest BCUT2D eigenvalue weighted by Crippen LogP contribution is -2.16. The van der Waals surface area contributed by atoms with E-state index in [4.69, 9.17) is 14.2 Å². The number of hydrogen-bond donors (Lipinski definition) is 1. The minimum absolute atomic E-state index is 0.183. The standard InChI is InChI=1S/C24H26N4O4/c1-24(2,3)19-15-21(28(27-19)20-7-5-6-10-25-20)26-22(29)9-8-16-13-17(30-4)23-18(14-16)31-11-12-32-23/h5-10,13-15H,11-12H2,1-4H3,(H,26,29)/b9-8+. The molecule has 3 aromatic rings. The molecule has 32 heavy (non-hydrogen) atoms. The molecule has 166 valence electrons. The van der Waals surface area contributed by atoms with Crippen molar-refractivity contribution in [1.29, 1.82) is 0 Å². The van der Waals surface area contributed by atoms with Crippen molar-refractivity contribution in [3.05, 3.63) is 59.9 Å². The molecule has 1 N–H and O–H groups in total. The molecule has 0 aliphatic carbocycles. The van der Waals surface area contributed by atoms with Gasteiger partial charge in [0.2, 0.25) is 11.7 Å². The fourth-order valence-electron chi connectivity index (χ4n) is 3.22. The first-order chi connectivity index (χ1) is 15.3. The SMILES string of the molecule is COc1cc(/C=C/C(=O)Nc2cc(C(C)(C)C)nn2-c2ccccn2)cc2c1OCCO2. The summed E-state index contributed by atoms with van der Waals surface area (Å²) in [4.78, 5) is 17.1. The predicted octanol–water partition coefficient (Wildman–Crippen LogP) is 4.00. The number of carbonyl (C=O) groups is 1. The number of nitrogens with one attached hydrogen (secondary N) is 1. The molecule has 1 amide bonds. The normalized spacial score (nSPS) is 13.2. The lowest BCUT2D eigenvalue weighted by Gasteiger charge is -2.20. The Hall–Kier alpha value is -3.81. The Labute approximate surface area is 186 Å². The summed E-state index contributed by atoms with van der Waals surface area (Å²) in [6.45, 7) is 7.15. The van der Waals surface area contributed by atoms with Crippen molar-refractivity contribution in [2.45, 2.75) is 26.2 Å². The first kappa shape index (κ1) is 21.4. The minimum atomic E-state index is -0.295. The summed E-state index contributed by atoms with van der Waals surface area (Å²) in [6, 6.07) is 11.0. The zero-order chi connectivity index (χ0) is 22.7. The number of rotatable bonds is 5. The lowest BCUT2D eigenvalue weighted by molar-refractivity contribution is -0.111. The molecule has 1 aliphatic heterocycles. The van der Waals surface area contributed by atoms with Crippen LogP contribution >= 0.6 is 0 Å². The number of carbonyl (C=O) groups excluding carboxylic acids is 1. The third kappa shape index (κ3) is 4.59. The van der Waals surface area contributed by atoms with Crippen molar-refractivity contribution in [2.24, 2.45) is 0 Å². The van der Waals surface area contributed by atoms with Crippen LogP contribution in [0, 0.1) is 0 Å². The van der Waals surface area contributed by atoms with Gasteiger partial charge >= 0.3 is 0 Å². The van der Waals surface area contributed by atoms with Gasteiger partial charge in [-0.15, -0.1) is 0 Å². The van der Waals surface area contributed by atoms with Crippen LogP contribution in [0.25, 0.3) is 11.9 Å². The molecular formula is C24H26N4O4. The molecule has 0 saturated heterocycles. The minimum Gasteiger partial charge on any atom is -0.493 e. The highest BCUT2D eigenvalue weighted by Gasteiger charge is 2.22. The highest BCUT2D eigenvalue weighted by molar-refractivity contribution is 6.01. The van der Waals surface area contributed by atoms with Crippen LogP contribution in [0.4, 0.5) is 5.82 Å². The van der Waals surface area contributed by atoms with Crippen molar-refractivity contribution in [3.8, 4) is 23.1 Å². The number of methoxy groups -OCH3 is 1. The smallest absolute Gasteiger partial charge is 0.249 e. The third-order valence-electron chi connectivity index (χ3n) is 4.87. The maximum absolute atomic E-state index is 12.7. The Morgan fingerprint density at radius 3 is 2.72 bits per heavy atom. The van der Waals surface area contributed by atoms with E-state index in [1.165, 1.54) is 6.08 Å². The average molecular weight is 434 g/mol. The van der Waals surface area contributed by atoms with Gasteiger partial charge in [-0.2, -0.15) is 9.78 Å². The first-order valence-electron chi connectivity index (χ1n) is 10.3. The largest absolute Gasteiger partial charge is 0.493 e. The topological polar surface area (TPSA) is 87.5 Å². The second kappa shape index (κ2) is 8.74. The van der Waals surface area contributed by atoms with Gasteiger partial charge < -0.3 is 19.5 Å². The summed E-state index contributed by atoms with van der Waals surface area (Å²) in [5, 5.41) is 7.57. The average Bonchev–Trinajstić information content (AvgIpc) is 3.22. The van der Waals surface area contributed by atoms with E-state index in [-0.39, 0.29) is 11.3 Å². The molecule has 0 bridgehead atoms. The molecule has 0 unspecified atom stereocenters. The van der Waals surface area contributed by atoms with E-state index in [2.05, 4.69) is 36.2 Å². The van der Waals surface area contributed by atoms with Crippen molar-refractivity contribution < 1.29 is 19.0 Å². The van der Waals surface area contributed by atoms with E-state index >= 15 is 0 Å². The number of amides is 1. The van der Waals surface area contributed by atoms with E-state index in [1.54, 1.807) is 30.1 Å². The summed E-state index contributed by atoms with van der Waals surface area (Å²) in [5.41, 5.74) is 1.42. The van der Waals surface area contributed by atoms with Crippen LogP contribution < -0.4 is 19.5 Å². The van der Waals surface area contributed by atoms with Crippen LogP contribution in [0.3, 0.4) is 0 Å². The molecule has 0 fully saturated rings. The second-order valence-electron chi connectivity index (χ2n) is 8.33. The Bertz CT molecular complexity index is 1130. The highest BCUT2D eigenvalue weighted by Crippen LogP contribution is 2.40. The van der Waals surface area contributed by atoms with Gasteiger partial charge in [0.15, 0.2) is 17.3 Å². The Balaban J connectivity index is 1.58. The molecule has 0 spiro atoms. The van der Waals surface area contributed by atoms with E-state index in [9.17, 15) is 4.79 Å². The fraction of sp³-hybridized carbons (Fsp3) is 0.292. The summed E-state index contributed by atoms with van der Waals surface area (Å²) in [6.07, 6.45) is 4.84. The zero-order valence-electron chi connectivity index (χ0n) is 18.6. The molecule has 3 heterocycles.